The third-order valence-electron chi connectivity index (χ3n) is 4.08. The lowest BCUT2D eigenvalue weighted by molar-refractivity contribution is -0.130. The molecule has 5 nitrogen and oxygen atoms in total. The van der Waals surface area contributed by atoms with Crippen LogP contribution < -0.4 is 5.32 Å². The minimum Gasteiger partial charge on any atom is -0.338 e. The zero-order chi connectivity index (χ0) is 17.6. The van der Waals surface area contributed by atoms with Crippen molar-refractivity contribution in [3.63, 3.8) is 0 Å². The number of piperidine rings is 1. The Bertz CT molecular complexity index is 776. The molecule has 0 bridgehead atoms. The Hall–Kier alpha value is -2.54. The summed E-state index contributed by atoms with van der Waals surface area (Å²) in [6.45, 7) is 0.957. The number of carbonyl (C=O) groups excluding carboxylic acids is 2. The third-order valence-corrected chi connectivity index (χ3v) is 4.77. The van der Waals surface area contributed by atoms with Crippen LogP contribution in [0.15, 0.2) is 41.9 Å². The summed E-state index contributed by atoms with van der Waals surface area (Å²) < 4.78 is 13.6. The van der Waals surface area contributed by atoms with Crippen molar-refractivity contribution in [2.75, 3.05) is 18.4 Å². The predicted octanol–water partition coefficient (Wildman–Crippen LogP) is 3.17. The highest BCUT2D eigenvalue weighted by Crippen LogP contribution is 2.20. The molecule has 1 N–H and O–H groups in total. The number of hydrogen-bond donors (Lipinski definition) is 1. The van der Waals surface area contributed by atoms with Gasteiger partial charge in [-0.3, -0.25) is 9.59 Å². The van der Waals surface area contributed by atoms with E-state index in [9.17, 15) is 14.0 Å². The summed E-state index contributed by atoms with van der Waals surface area (Å²) in [6.07, 6.45) is 5.95. The molecule has 0 saturated carbocycles. The molecular formula is C18H18FN3O2S. The second-order valence-corrected chi connectivity index (χ2v) is 6.70. The van der Waals surface area contributed by atoms with Crippen LogP contribution in [0.3, 0.4) is 0 Å². The van der Waals surface area contributed by atoms with E-state index in [0.29, 0.717) is 23.8 Å². The average molecular weight is 359 g/mol. The number of amides is 2. The first-order chi connectivity index (χ1) is 12.1. The highest BCUT2D eigenvalue weighted by molar-refractivity contribution is 7.13. The first-order valence-electron chi connectivity index (χ1n) is 8.05. The third kappa shape index (κ3) is 4.51. The van der Waals surface area contributed by atoms with E-state index in [-0.39, 0.29) is 23.5 Å². The summed E-state index contributed by atoms with van der Waals surface area (Å²) in [5.41, 5.74) is 0.367. The largest absolute Gasteiger partial charge is 0.338 e. The van der Waals surface area contributed by atoms with Gasteiger partial charge in [-0.1, -0.05) is 18.2 Å². The smallest absolute Gasteiger partial charge is 0.246 e. The highest BCUT2D eigenvalue weighted by atomic mass is 32.1. The van der Waals surface area contributed by atoms with Crippen LogP contribution in [0.4, 0.5) is 9.52 Å². The molecule has 0 radical (unpaired) electrons. The maximum Gasteiger partial charge on any atom is 0.246 e. The van der Waals surface area contributed by atoms with Gasteiger partial charge in [-0.25, -0.2) is 9.37 Å². The Balaban J connectivity index is 1.59. The molecule has 1 aromatic carbocycles. The van der Waals surface area contributed by atoms with E-state index in [1.807, 2.05) is 0 Å². The zero-order valence-corrected chi connectivity index (χ0v) is 14.3. The van der Waals surface area contributed by atoms with E-state index in [1.54, 1.807) is 34.7 Å². The maximum atomic E-state index is 13.6. The average Bonchev–Trinajstić information content (AvgIpc) is 3.14. The zero-order valence-electron chi connectivity index (χ0n) is 13.5. The number of thiazole rings is 1. The molecule has 1 aromatic heterocycles. The highest BCUT2D eigenvalue weighted by Gasteiger charge is 2.28. The molecule has 1 atom stereocenters. The Morgan fingerprint density at radius 1 is 1.36 bits per heavy atom. The van der Waals surface area contributed by atoms with Crippen LogP contribution in [0.1, 0.15) is 18.4 Å². The monoisotopic (exact) mass is 359 g/mol. The van der Waals surface area contributed by atoms with E-state index in [0.717, 1.165) is 12.8 Å². The lowest BCUT2D eigenvalue weighted by atomic mass is 9.97. The molecule has 2 heterocycles. The van der Waals surface area contributed by atoms with Crippen molar-refractivity contribution in [3.05, 3.63) is 53.3 Å². The summed E-state index contributed by atoms with van der Waals surface area (Å²) >= 11 is 1.36. The van der Waals surface area contributed by atoms with Crippen molar-refractivity contribution in [1.82, 2.24) is 9.88 Å². The van der Waals surface area contributed by atoms with Crippen molar-refractivity contribution in [3.8, 4) is 0 Å². The number of hydrogen-bond acceptors (Lipinski definition) is 4. The number of aromatic nitrogens is 1. The topological polar surface area (TPSA) is 62.3 Å². The van der Waals surface area contributed by atoms with Gasteiger partial charge in [0, 0.05) is 36.3 Å². The molecule has 2 amide bonds. The predicted molar refractivity (Wildman–Crippen MR) is 95.5 cm³/mol. The summed E-state index contributed by atoms with van der Waals surface area (Å²) in [5, 5.41) is 5.13. The molecule has 1 unspecified atom stereocenters. The Morgan fingerprint density at radius 3 is 2.96 bits per heavy atom. The number of nitrogens with one attached hydrogen (secondary N) is 1. The van der Waals surface area contributed by atoms with E-state index < -0.39 is 0 Å². The molecular weight excluding hydrogens is 341 g/mol. The van der Waals surface area contributed by atoms with Crippen LogP contribution in [-0.4, -0.2) is 34.8 Å². The van der Waals surface area contributed by atoms with E-state index >= 15 is 0 Å². The van der Waals surface area contributed by atoms with Gasteiger partial charge in [0.1, 0.15) is 5.82 Å². The quantitative estimate of drug-likeness (QED) is 0.853. The minimum absolute atomic E-state index is 0.120. The molecule has 7 heteroatoms. The molecule has 130 valence electrons. The van der Waals surface area contributed by atoms with E-state index in [2.05, 4.69) is 10.3 Å². The van der Waals surface area contributed by atoms with Gasteiger partial charge in [-0.2, -0.15) is 0 Å². The van der Waals surface area contributed by atoms with Gasteiger partial charge in [0.25, 0.3) is 0 Å². The molecule has 3 rings (SSSR count). The van der Waals surface area contributed by atoms with Crippen LogP contribution in [-0.2, 0) is 9.59 Å². The fourth-order valence-electron chi connectivity index (χ4n) is 2.76. The van der Waals surface area contributed by atoms with Crippen molar-refractivity contribution in [2.45, 2.75) is 12.8 Å². The number of anilines is 1. The number of benzene rings is 1. The van der Waals surface area contributed by atoms with Crippen molar-refractivity contribution >= 4 is 34.4 Å². The van der Waals surface area contributed by atoms with Crippen molar-refractivity contribution in [1.29, 1.82) is 0 Å². The number of nitrogens with zero attached hydrogens (tertiary/aromatic N) is 2. The van der Waals surface area contributed by atoms with Gasteiger partial charge in [-0.05, 0) is 25.0 Å². The Labute approximate surface area is 149 Å². The molecule has 1 aliphatic heterocycles. The fraction of sp³-hybridized carbons (Fsp3) is 0.278. The minimum atomic E-state index is -0.370. The van der Waals surface area contributed by atoms with Crippen LogP contribution in [0.2, 0.25) is 0 Å². The molecule has 0 aliphatic carbocycles. The Kier molecular flexibility index (Phi) is 5.55. The van der Waals surface area contributed by atoms with Crippen LogP contribution in [0.25, 0.3) is 6.08 Å². The normalized spacial score (nSPS) is 17.6. The van der Waals surface area contributed by atoms with Gasteiger partial charge >= 0.3 is 0 Å². The number of likely N-dealkylation sites (tertiary alicyclic amines) is 1. The van der Waals surface area contributed by atoms with Gasteiger partial charge in [0.2, 0.25) is 11.8 Å². The summed E-state index contributed by atoms with van der Waals surface area (Å²) in [6, 6.07) is 6.28. The lowest BCUT2D eigenvalue weighted by Gasteiger charge is -2.31. The van der Waals surface area contributed by atoms with Crippen molar-refractivity contribution in [2.24, 2.45) is 5.92 Å². The van der Waals surface area contributed by atoms with Gasteiger partial charge in [0.15, 0.2) is 5.13 Å². The van der Waals surface area contributed by atoms with Crippen molar-refractivity contribution < 1.29 is 14.0 Å². The SMILES string of the molecule is O=C(Nc1nccs1)C1CCCN(C(=O)C=Cc2ccccc2F)C1. The van der Waals surface area contributed by atoms with Crippen LogP contribution in [0, 0.1) is 11.7 Å². The molecule has 2 aromatic rings. The first kappa shape index (κ1) is 17.3. The second kappa shape index (κ2) is 8.02. The van der Waals surface area contributed by atoms with Gasteiger partial charge in [0.05, 0.1) is 5.92 Å². The summed E-state index contributed by atoms with van der Waals surface area (Å²) in [5.74, 6) is -0.963. The molecule has 0 spiro atoms. The van der Waals surface area contributed by atoms with Crippen LogP contribution in [0.5, 0.6) is 0 Å². The second-order valence-electron chi connectivity index (χ2n) is 5.80. The maximum absolute atomic E-state index is 13.6. The fourth-order valence-corrected chi connectivity index (χ4v) is 3.29. The number of rotatable bonds is 4. The standard InChI is InChI=1S/C18H18FN3O2S/c19-15-6-2-1-4-13(15)7-8-16(23)22-10-3-5-14(12-22)17(24)21-18-20-9-11-25-18/h1-2,4,6-9,11,14H,3,5,10,12H2,(H,20,21,24). The Morgan fingerprint density at radius 2 is 2.20 bits per heavy atom. The number of carbonyl (C=O) groups is 2. The lowest BCUT2D eigenvalue weighted by Crippen LogP contribution is -2.43. The molecule has 1 aliphatic rings. The van der Waals surface area contributed by atoms with Gasteiger partial charge in [-0.15, -0.1) is 11.3 Å². The van der Waals surface area contributed by atoms with Crippen LogP contribution >= 0.6 is 11.3 Å². The molecule has 1 fully saturated rings. The van der Waals surface area contributed by atoms with Gasteiger partial charge < -0.3 is 10.2 Å². The first-order valence-corrected chi connectivity index (χ1v) is 8.93. The van der Waals surface area contributed by atoms with E-state index in [4.69, 9.17) is 0 Å². The molecule has 1 saturated heterocycles. The summed E-state index contributed by atoms with van der Waals surface area (Å²) in [4.78, 5) is 30.3. The van der Waals surface area contributed by atoms with E-state index in [1.165, 1.54) is 29.6 Å². The number of halogens is 1. The summed E-state index contributed by atoms with van der Waals surface area (Å²) in [7, 11) is 0. The molecule has 25 heavy (non-hydrogen) atoms.